The highest BCUT2D eigenvalue weighted by Gasteiger charge is 2.37. The van der Waals surface area contributed by atoms with Gasteiger partial charge in [-0.15, -0.1) is 0 Å². The molecule has 0 spiro atoms. The molecule has 8 heteroatoms. The fourth-order valence-electron chi connectivity index (χ4n) is 4.92. The van der Waals surface area contributed by atoms with Gasteiger partial charge in [0.1, 0.15) is 12.3 Å². The lowest BCUT2D eigenvalue weighted by molar-refractivity contribution is -0.144. The number of para-hydroxylation sites is 1. The van der Waals surface area contributed by atoms with Crippen molar-refractivity contribution in [2.75, 3.05) is 33.9 Å². The van der Waals surface area contributed by atoms with E-state index in [1.54, 1.807) is 19.1 Å². The van der Waals surface area contributed by atoms with Gasteiger partial charge >= 0.3 is 0 Å². The number of hydrogen-bond acceptors (Lipinski definition) is 5. The van der Waals surface area contributed by atoms with Crippen LogP contribution in [0.1, 0.15) is 49.3 Å². The van der Waals surface area contributed by atoms with Crippen LogP contribution in [0.25, 0.3) is 0 Å². The van der Waals surface area contributed by atoms with Gasteiger partial charge < -0.3 is 14.4 Å². The first-order valence-corrected chi connectivity index (χ1v) is 12.5. The summed E-state index contributed by atoms with van der Waals surface area (Å²) in [6.07, 6.45) is 4.34. The first-order valence-electron chi connectivity index (χ1n) is 12.1. The number of hydrogen-bond donors (Lipinski definition) is 0. The van der Waals surface area contributed by atoms with Crippen LogP contribution in [0, 0.1) is 5.92 Å². The second kappa shape index (κ2) is 11.7. The van der Waals surface area contributed by atoms with Crippen molar-refractivity contribution in [3.63, 3.8) is 0 Å². The second-order valence-electron chi connectivity index (χ2n) is 8.96. The van der Waals surface area contributed by atoms with Crippen LogP contribution in [0.4, 0.5) is 0 Å². The highest BCUT2D eigenvalue weighted by molar-refractivity contribution is 6.34. The summed E-state index contributed by atoms with van der Waals surface area (Å²) in [5.41, 5.74) is 2.38. The lowest BCUT2D eigenvalue weighted by atomic mass is 9.97. The molecule has 1 aliphatic carbocycles. The highest BCUT2D eigenvalue weighted by Crippen LogP contribution is 2.38. The van der Waals surface area contributed by atoms with Crippen molar-refractivity contribution in [3.05, 3.63) is 64.7 Å². The van der Waals surface area contributed by atoms with E-state index < -0.39 is 0 Å². The fourth-order valence-corrected chi connectivity index (χ4v) is 5.16. The molecule has 2 aliphatic rings. The lowest BCUT2D eigenvalue weighted by Crippen LogP contribution is -2.44. The summed E-state index contributed by atoms with van der Waals surface area (Å²) in [6.45, 7) is 0.686. The van der Waals surface area contributed by atoms with Crippen LogP contribution in [-0.2, 0) is 14.3 Å². The van der Waals surface area contributed by atoms with E-state index in [9.17, 15) is 9.59 Å². The molecule has 7 nitrogen and oxygen atoms in total. The van der Waals surface area contributed by atoms with Crippen molar-refractivity contribution in [2.24, 2.45) is 11.0 Å². The Balaban J connectivity index is 1.64. The highest BCUT2D eigenvalue weighted by atomic mass is 35.5. The Morgan fingerprint density at radius 3 is 2.51 bits per heavy atom. The number of hydrazone groups is 1. The Bertz CT molecular complexity index is 1080. The molecule has 1 fully saturated rings. The third-order valence-electron chi connectivity index (χ3n) is 6.76. The maximum Gasteiger partial charge on any atom is 0.262 e. The number of halogens is 1. The molecule has 0 unspecified atom stereocenters. The van der Waals surface area contributed by atoms with Crippen LogP contribution >= 0.6 is 11.6 Å². The standard InChI is InChI=1S/C27H32ClN3O4/c1-34-16-15-30(27(33)19-9-3-4-10-19)18-26(32)31-24(21-12-6-8-14-25(21)35-2)17-23(29-31)20-11-5-7-13-22(20)28/h5-8,11-14,19,24H,3-4,9-10,15-18H2,1-2H3/t24-/m0/s1. The Kier molecular flexibility index (Phi) is 8.42. The minimum Gasteiger partial charge on any atom is -0.496 e. The minimum atomic E-state index is -0.365. The fraction of sp³-hybridized carbons (Fsp3) is 0.444. The molecule has 2 aromatic carbocycles. The van der Waals surface area contributed by atoms with Crippen LogP contribution in [0.3, 0.4) is 0 Å². The Hall–Kier alpha value is -2.90. The Morgan fingerprint density at radius 2 is 1.80 bits per heavy atom. The van der Waals surface area contributed by atoms with Gasteiger partial charge in [-0.2, -0.15) is 5.10 Å². The SMILES string of the molecule is COCCN(CC(=O)N1N=C(c2ccccc2Cl)C[C@H]1c1ccccc1OC)C(=O)C1CCCC1. The molecule has 0 aromatic heterocycles. The van der Waals surface area contributed by atoms with Gasteiger partial charge in [-0.3, -0.25) is 9.59 Å². The first kappa shape index (κ1) is 25.2. The van der Waals surface area contributed by atoms with Gasteiger partial charge in [0.05, 0.1) is 25.5 Å². The quantitative estimate of drug-likeness (QED) is 0.504. The predicted molar refractivity (Wildman–Crippen MR) is 136 cm³/mol. The molecule has 1 aliphatic heterocycles. The summed E-state index contributed by atoms with van der Waals surface area (Å²) in [7, 11) is 3.21. The Labute approximate surface area is 211 Å². The smallest absolute Gasteiger partial charge is 0.262 e. The summed E-state index contributed by atoms with van der Waals surface area (Å²) in [5, 5.41) is 6.81. The van der Waals surface area contributed by atoms with E-state index in [0.29, 0.717) is 30.3 Å². The second-order valence-corrected chi connectivity index (χ2v) is 9.37. The van der Waals surface area contributed by atoms with Crippen LogP contribution in [0.5, 0.6) is 5.75 Å². The van der Waals surface area contributed by atoms with Crippen molar-refractivity contribution in [1.29, 1.82) is 0 Å². The maximum atomic E-state index is 13.7. The molecule has 35 heavy (non-hydrogen) atoms. The summed E-state index contributed by atoms with van der Waals surface area (Å²) < 4.78 is 10.8. The van der Waals surface area contributed by atoms with E-state index in [-0.39, 0.29) is 30.3 Å². The molecule has 1 heterocycles. The lowest BCUT2D eigenvalue weighted by Gasteiger charge is -2.29. The topological polar surface area (TPSA) is 71.4 Å². The van der Waals surface area contributed by atoms with Gasteiger partial charge in [0.15, 0.2) is 0 Å². The van der Waals surface area contributed by atoms with Crippen molar-refractivity contribution >= 4 is 29.1 Å². The zero-order chi connectivity index (χ0) is 24.8. The maximum absolute atomic E-state index is 13.7. The molecular formula is C27H32ClN3O4. The summed E-state index contributed by atoms with van der Waals surface area (Å²) in [6, 6.07) is 14.8. The monoisotopic (exact) mass is 497 g/mol. The van der Waals surface area contributed by atoms with Gasteiger partial charge in [-0.05, 0) is 25.0 Å². The molecule has 1 saturated carbocycles. The van der Waals surface area contributed by atoms with Crippen molar-refractivity contribution in [2.45, 2.75) is 38.1 Å². The zero-order valence-corrected chi connectivity index (χ0v) is 21.0. The number of amides is 2. The third-order valence-corrected chi connectivity index (χ3v) is 7.09. The zero-order valence-electron chi connectivity index (χ0n) is 20.3. The molecular weight excluding hydrogens is 466 g/mol. The van der Waals surface area contributed by atoms with Crippen LogP contribution in [-0.4, -0.2) is 61.4 Å². The molecule has 2 amide bonds. The van der Waals surface area contributed by atoms with Crippen LogP contribution < -0.4 is 4.74 Å². The molecule has 1 atom stereocenters. The van der Waals surface area contributed by atoms with E-state index in [2.05, 4.69) is 0 Å². The summed E-state index contributed by atoms with van der Waals surface area (Å²) in [5.74, 6) is 0.441. The minimum absolute atomic E-state index is 0.0227. The number of nitrogens with zero attached hydrogens (tertiary/aromatic N) is 3. The molecule has 2 aromatic rings. The molecule has 186 valence electrons. The van der Waals surface area contributed by atoms with E-state index >= 15 is 0 Å². The number of rotatable bonds is 9. The average molecular weight is 498 g/mol. The van der Waals surface area contributed by atoms with Crippen molar-refractivity contribution < 1.29 is 19.1 Å². The third kappa shape index (κ3) is 5.68. The van der Waals surface area contributed by atoms with E-state index in [0.717, 1.165) is 42.5 Å². The first-order chi connectivity index (χ1) is 17.0. The predicted octanol–water partition coefficient (Wildman–Crippen LogP) is 4.69. The van der Waals surface area contributed by atoms with Crippen LogP contribution in [0.15, 0.2) is 53.6 Å². The normalized spacial score (nSPS) is 18.0. The van der Waals surface area contributed by atoms with E-state index in [1.165, 1.54) is 5.01 Å². The van der Waals surface area contributed by atoms with Gasteiger partial charge in [0, 0.05) is 42.1 Å². The molecule has 0 bridgehead atoms. The van der Waals surface area contributed by atoms with E-state index in [4.69, 9.17) is 26.2 Å². The van der Waals surface area contributed by atoms with Crippen molar-refractivity contribution in [3.8, 4) is 5.75 Å². The average Bonchev–Trinajstić information content (AvgIpc) is 3.57. The molecule has 0 N–H and O–H groups in total. The summed E-state index contributed by atoms with van der Waals surface area (Å²) in [4.78, 5) is 28.5. The van der Waals surface area contributed by atoms with Gasteiger partial charge in [0.2, 0.25) is 5.91 Å². The van der Waals surface area contributed by atoms with Gasteiger partial charge in [0.25, 0.3) is 5.91 Å². The molecule has 4 rings (SSSR count). The number of carbonyl (C=O) groups is 2. The van der Waals surface area contributed by atoms with Crippen LogP contribution in [0.2, 0.25) is 5.02 Å². The summed E-state index contributed by atoms with van der Waals surface area (Å²) >= 11 is 6.46. The number of benzene rings is 2. The van der Waals surface area contributed by atoms with Gasteiger partial charge in [-0.1, -0.05) is 60.8 Å². The largest absolute Gasteiger partial charge is 0.496 e. The van der Waals surface area contributed by atoms with Crippen molar-refractivity contribution in [1.82, 2.24) is 9.91 Å². The number of ether oxygens (including phenoxy) is 2. The number of methoxy groups -OCH3 is 2. The van der Waals surface area contributed by atoms with E-state index in [1.807, 2.05) is 48.5 Å². The molecule has 0 saturated heterocycles. The molecule has 0 radical (unpaired) electrons. The Morgan fingerprint density at radius 1 is 1.09 bits per heavy atom. The van der Waals surface area contributed by atoms with Gasteiger partial charge in [-0.25, -0.2) is 5.01 Å². The number of carbonyl (C=O) groups excluding carboxylic acids is 2.